The van der Waals surface area contributed by atoms with Gasteiger partial charge in [-0.3, -0.25) is 0 Å². The van der Waals surface area contributed by atoms with E-state index in [1.54, 1.807) is 6.92 Å². The maximum atomic E-state index is 13.4. The third-order valence-corrected chi connectivity index (χ3v) is 3.92. The van der Waals surface area contributed by atoms with Gasteiger partial charge in [-0.1, -0.05) is 0 Å². The van der Waals surface area contributed by atoms with Crippen molar-refractivity contribution in [3.8, 4) is 0 Å². The van der Waals surface area contributed by atoms with Crippen LogP contribution in [-0.2, 0) is 0 Å². The van der Waals surface area contributed by atoms with Crippen molar-refractivity contribution in [1.82, 2.24) is 4.90 Å². The van der Waals surface area contributed by atoms with Crippen LogP contribution < -0.4 is 10.6 Å². The van der Waals surface area contributed by atoms with E-state index in [9.17, 15) is 4.39 Å². The third kappa shape index (κ3) is 2.58. The summed E-state index contributed by atoms with van der Waals surface area (Å²) in [4.78, 5) is 4.54. The van der Waals surface area contributed by atoms with E-state index in [0.29, 0.717) is 17.3 Å². The van der Waals surface area contributed by atoms with Crippen molar-refractivity contribution in [2.45, 2.75) is 25.8 Å². The monoisotopic (exact) mass is 251 g/mol. The second kappa shape index (κ2) is 5.14. The minimum absolute atomic E-state index is 0.229. The van der Waals surface area contributed by atoms with Crippen molar-refractivity contribution in [3.63, 3.8) is 0 Å². The smallest absolute Gasteiger partial charge is 0.128 e. The van der Waals surface area contributed by atoms with Crippen LogP contribution in [0.3, 0.4) is 0 Å². The zero-order valence-electron chi connectivity index (χ0n) is 11.4. The molecule has 100 valence electrons. The number of hydrogen-bond donors (Lipinski definition) is 1. The van der Waals surface area contributed by atoms with Crippen LogP contribution in [0.25, 0.3) is 0 Å². The van der Waals surface area contributed by atoms with Gasteiger partial charge >= 0.3 is 0 Å². The molecule has 0 saturated carbocycles. The summed E-state index contributed by atoms with van der Waals surface area (Å²) >= 11 is 0. The van der Waals surface area contributed by atoms with Crippen molar-refractivity contribution in [1.29, 1.82) is 0 Å². The number of anilines is 2. The van der Waals surface area contributed by atoms with Crippen LogP contribution in [0.2, 0.25) is 0 Å². The van der Waals surface area contributed by atoms with E-state index in [-0.39, 0.29) is 5.82 Å². The van der Waals surface area contributed by atoms with E-state index < -0.39 is 0 Å². The van der Waals surface area contributed by atoms with Crippen LogP contribution >= 0.6 is 0 Å². The molecule has 2 rings (SSSR count). The molecule has 0 aliphatic carbocycles. The second-order valence-electron chi connectivity index (χ2n) is 5.31. The van der Waals surface area contributed by atoms with Crippen molar-refractivity contribution in [2.75, 3.05) is 37.8 Å². The van der Waals surface area contributed by atoms with Gasteiger partial charge in [0.2, 0.25) is 0 Å². The lowest BCUT2D eigenvalue weighted by Gasteiger charge is -2.37. The van der Waals surface area contributed by atoms with Crippen LogP contribution in [0.15, 0.2) is 12.1 Å². The molecule has 0 unspecified atom stereocenters. The molecule has 1 heterocycles. The normalized spacial score (nSPS) is 18.0. The molecular formula is C14H22FN3. The Labute approximate surface area is 108 Å². The second-order valence-corrected chi connectivity index (χ2v) is 5.31. The number of nitrogen functional groups attached to an aromatic ring is 1. The zero-order chi connectivity index (χ0) is 13.3. The highest BCUT2D eigenvalue weighted by Crippen LogP contribution is 2.29. The fourth-order valence-electron chi connectivity index (χ4n) is 2.57. The molecule has 0 aromatic heterocycles. The Morgan fingerprint density at radius 3 is 2.56 bits per heavy atom. The first kappa shape index (κ1) is 13.1. The Bertz CT molecular complexity index is 425. The first-order valence-electron chi connectivity index (χ1n) is 6.46. The third-order valence-electron chi connectivity index (χ3n) is 3.92. The highest BCUT2D eigenvalue weighted by molar-refractivity contribution is 5.68. The van der Waals surface area contributed by atoms with Gasteiger partial charge in [-0.15, -0.1) is 0 Å². The molecule has 0 radical (unpaired) electrons. The zero-order valence-corrected chi connectivity index (χ0v) is 11.4. The Balaban J connectivity index is 2.18. The number of rotatable bonds is 2. The van der Waals surface area contributed by atoms with Gasteiger partial charge in [-0.2, -0.15) is 0 Å². The van der Waals surface area contributed by atoms with Gasteiger partial charge < -0.3 is 15.5 Å². The molecule has 0 bridgehead atoms. The summed E-state index contributed by atoms with van der Waals surface area (Å²) in [6.07, 6.45) is 2.26. The number of aryl methyl sites for hydroxylation is 1. The molecule has 1 fully saturated rings. The topological polar surface area (TPSA) is 32.5 Å². The largest absolute Gasteiger partial charge is 0.397 e. The van der Waals surface area contributed by atoms with Crippen molar-refractivity contribution in [2.24, 2.45) is 0 Å². The summed E-state index contributed by atoms with van der Waals surface area (Å²) in [6.45, 7) is 3.99. The summed E-state index contributed by atoms with van der Waals surface area (Å²) in [5.74, 6) is -0.229. The summed E-state index contributed by atoms with van der Waals surface area (Å²) in [6, 6.07) is 3.77. The quantitative estimate of drug-likeness (QED) is 0.818. The fourth-order valence-corrected chi connectivity index (χ4v) is 2.57. The molecule has 18 heavy (non-hydrogen) atoms. The van der Waals surface area contributed by atoms with Crippen LogP contribution in [0.1, 0.15) is 18.4 Å². The number of hydrogen-bond acceptors (Lipinski definition) is 3. The Kier molecular flexibility index (Phi) is 3.76. The number of nitrogens with zero attached hydrogens (tertiary/aromatic N) is 2. The van der Waals surface area contributed by atoms with Crippen molar-refractivity contribution in [3.05, 3.63) is 23.5 Å². The highest BCUT2D eigenvalue weighted by atomic mass is 19.1. The van der Waals surface area contributed by atoms with E-state index in [1.807, 2.05) is 6.07 Å². The minimum atomic E-state index is -0.229. The van der Waals surface area contributed by atoms with Gasteiger partial charge in [0.05, 0.1) is 11.4 Å². The minimum Gasteiger partial charge on any atom is -0.397 e. The van der Waals surface area contributed by atoms with Crippen LogP contribution in [0, 0.1) is 12.7 Å². The molecule has 3 nitrogen and oxygen atoms in total. The summed E-state index contributed by atoms with van der Waals surface area (Å²) in [5, 5.41) is 0. The number of piperidine rings is 1. The SMILES string of the molecule is Cc1cc(N(C)C2CCN(C)CC2)c(N)cc1F. The van der Waals surface area contributed by atoms with E-state index in [1.165, 1.54) is 6.07 Å². The van der Waals surface area contributed by atoms with Gasteiger partial charge in [-0.25, -0.2) is 4.39 Å². The average Bonchev–Trinajstić information content (AvgIpc) is 2.34. The van der Waals surface area contributed by atoms with E-state index >= 15 is 0 Å². The summed E-state index contributed by atoms with van der Waals surface area (Å²) in [5.41, 5.74) is 8.06. The highest BCUT2D eigenvalue weighted by Gasteiger charge is 2.22. The first-order valence-corrected chi connectivity index (χ1v) is 6.46. The first-order chi connectivity index (χ1) is 8.49. The number of halogens is 1. The maximum absolute atomic E-state index is 13.4. The van der Waals surface area contributed by atoms with Crippen molar-refractivity contribution >= 4 is 11.4 Å². The molecule has 1 aromatic carbocycles. The predicted octanol–water partition coefficient (Wildman–Crippen LogP) is 2.25. The number of likely N-dealkylation sites (tertiary alicyclic amines) is 1. The molecular weight excluding hydrogens is 229 g/mol. The molecule has 1 aromatic rings. The summed E-state index contributed by atoms with van der Waals surface area (Å²) in [7, 11) is 4.20. The molecule has 4 heteroatoms. The molecule has 0 amide bonds. The van der Waals surface area contributed by atoms with Crippen LogP contribution in [0.4, 0.5) is 15.8 Å². The molecule has 2 N–H and O–H groups in total. The maximum Gasteiger partial charge on any atom is 0.128 e. The lowest BCUT2D eigenvalue weighted by atomic mass is 10.0. The predicted molar refractivity (Wildman–Crippen MR) is 74.5 cm³/mol. The van der Waals surface area contributed by atoms with Gasteiger partial charge in [0, 0.05) is 13.1 Å². The molecule has 0 atom stereocenters. The Morgan fingerprint density at radius 2 is 1.94 bits per heavy atom. The molecule has 0 spiro atoms. The standard InChI is InChI=1S/C14H22FN3/c1-10-8-14(13(16)9-12(10)15)18(3)11-4-6-17(2)7-5-11/h8-9,11H,4-7,16H2,1-3H3. The van der Waals surface area contributed by atoms with E-state index in [0.717, 1.165) is 31.6 Å². The lowest BCUT2D eigenvalue weighted by molar-refractivity contribution is 0.253. The molecule has 1 aliphatic heterocycles. The van der Waals surface area contributed by atoms with E-state index in [2.05, 4.69) is 23.9 Å². The lowest BCUT2D eigenvalue weighted by Crippen LogP contribution is -2.42. The Hall–Kier alpha value is -1.29. The van der Waals surface area contributed by atoms with Crippen LogP contribution in [-0.4, -0.2) is 38.1 Å². The van der Waals surface area contributed by atoms with E-state index in [4.69, 9.17) is 5.73 Å². The molecule has 1 aliphatic rings. The van der Waals surface area contributed by atoms with Gasteiger partial charge in [0.1, 0.15) is 5.82 Å². The Morgan fingerprint density at radius 1 is 1.33 bits per heavy atom. The fraction of sp³-hybridized carbons (Fsp3) is 0.571. The van der Waals surface area contributed by atoms with Crippen molar-refractivity contribution < 1.29 is 4.39 Å². The average molecular weight is 251 g/mol. The van der Waals surface area contributed by atoms with Gasteiger partial charge in [0.15, 0.2) is 0 Å². The van der Waals surface area contributed by atoms with Gasteiger partial charge in [0.25, 0.3) is 0 Å². The number of nitrogens with two attached hydrogens (primary N) is 1. The van der Waals surface area contributed by atoms with Crippen LogP contribution in [0.5, 0.6) is 0 Å². The number of benzene rings is 1. The molecule has 1 saturated heterocycles. The summed E-state index contributed by atoms with van der Waals surface area (Å²) < 4.78 is 13.4. The van der Waals surface area contributed by atoms with Gasteiger partial charge in [-0.05, 0) is 57.6 Å².